The molecule has 43 heavy (non-hydrogen) atoms. The highest BCUT2D eigenvalue weighted by molar-refractivity contribution is 7.15. The molecule has 2 heterocycles. The van der Waals surface area contributed by atoms with E-state index in [2.05, 4.69) is 38.3 Å². The van der Waals surface area contributed by atoms with Crippen molar-refractivity contribution < 1.29 is 29.4 Å². The molecular weight excluding hydrogens is 564 g/mol. The molecule has 5 rings (SSSR count). The first-order chi connectivity index (χ1) is 20.3. The van der Waals surface area contributed by atoms with E-state index in [1.165, 1.54) is 16.2 Å². The maximum Gasteiger partial charge on any atom is 0.257 e. The number of aromatic nitrogens is 1. The van der Waals surface area contributed by atoms with Crippen LogP contribution in [0.1, 0.15) is 86.3 Å². The highest BCUT2D eigenvalue weighted by Gasteiger charge is 2.59. The van der Waals surface area contributed by atoms with Crippen LogP contribution in [0.5, 0.6) is 0 Å². The lowest BCUT2D eigenvalue weighted by Gasteiger charge is -2.58. The second-order valence-corrected chi connectivity index (χ2v) is 15.4. The Bertz CT molecular complexity index is 1300. The number of anilines is 1. The number of thiazole rings is 1. The summed E-state index contributed by atoms with van der Waals surface area (Å²) in [6.45, 7) is 15.4. The van der Waals surface area contributed by atoms with Crippen LogP contribution in [0, 0.1) is 16.7 Å². The number of nitrogens with one attached hydrogen (secondary N) is 3. The number of aliphatic hydroxyl groups is 2. The summed E-state index contributed by atoms with van der Waals surface area (Å²) in [6, 6.07) is 7.67. The zero-order chi connectivity index (χ0) is 31.0. The van der Waals surface area contributed by atoms with Crippen molar-refractivity contribution in [2.45, 2.75) is 77.7 Å². The standard InChI is InChI=1S/C33H48N4O5S/c1-31(2,3)22-8-6-21(7-9-22)29(41)36-30-35-28-23(18-27(40)34-12-13-37-14-16-42-17-15-37)32(4)11-10-26(39)33(5,20-38)25(32)19-24(28)43-30/h6-9,23,25-26,38-39H,10-20H2,1-5H3,(H,34,40)(H,35,36,41)/p+1/t23-,25+,26-,32+,33+/m1/s1. The average molecular weight is 614 g/mol. The second kappa shape index (κ2) is 12.6. The molecule has 1 aromatic carbocycles. The Morgan fingerprint density at radius 3 is 2.51 bits per heavy atom. The van der Waals surface area contributed by atoms with E-state index in [9.17, 15) is 19.8 Å². The van der Waals surface area contributed by atoms with Crippen LogP contribution < -0.4 is 15.5 Å². The molecule has 1 aliphatic heterocycles. The SMILES string of the molecule is CC(C)(C)c1ccc(C(=O)Nc2nc3c(s2)C[C@@H]2[C@](C)(CO)[C@H](O)CC[C@@]2(C)[C@@H]3CC(=O)NCC[NH+]2CCOCC2)cc1. The van der Waals surface area contributed by atoms with Gasteiger partial charge >= 0.3 is 0 Å². The van der Waals surface area contributed by atoms with Gasteiger partial charge in [-0.15, -0.1) is 11.3 Å². The van der Waals surface area contributed by atoms with Crippen LogP contribution in [0.15, 0.2) is 24.3 Å². The number of hydrogen-bond donors (Lipinski definition) is 5. The number of rotatable bonds is 8. The van der Waals surface area contributed by atoms with Gasteiger partial charge in [-0.2, -0.15) is 0 Å². The first-order valence-electron chi connectivity index (χ1n) is 15.7. The summed E-state index contributed by atoms with van der Waals surface area (Å²) in [7, 11) is 0. The zero-order valence-electron chi connectivity index (χ0n) is 26.3. The van der Waals surface area contributed by atoms with Crippen LogP contribution in [-0.2, 0) is 21.4 Å². The van der Waals surface area contributed by atoms with Gasteiger partial charge in [0.2, 0.25) is 5.91 Å². The van der Waals surface area contributed by atoms with Crippen LogP contribution in [0.25, 0.3) is 0 Å². The summed E-state index contributed by atoms with van der Waals surface area (Å²) in [5, 5.41) is 28.2. The maximum absolute atomic E-state index is 13.4. The summed E-state index contributed by atoms with van der Waals surface area (Å²) < 4.78 is 5.45. The first-order valence-corrected chi connectivity index (χ1v) is 16.5. The third-order valence-corrected chi connectivity index (χ3v) is 11.5. The van der Waals surface area contributed by atoms with Crippen LogP contribution in [0.4, 0.5) is 5.13 Å². The number of aliphatic hydroxyl groups excluding tert-OH is 2. The van der Waals surface area contributed by atoms with Gasteiger partial charge in [0.05, 0.1) is 44.7 Å². The van der Waals surface area contributed by atoms with Crippen molar-refractivity contribution in [2.24, 2.45) is 16.7 Å². The molecule has 1 saturated carbocycles. The van der Waals surface area contributed by atoms with Crippen molar-refractivity contribution in [3.8, 4) is 0 Å². The predicted octanol–water partition coefficient (Wildman–Crippen LogP) is 2.53. The lowest BCUT2D eigenvalue weighted by molar-refractivity contribution is -0.906. The highest BCUT2D eigenvalue weighted by Crippen LogP contribution is 2.62. The summed E-state index contributed by atoms with van der Waals surface area (Å²) in [5.41, 5.74) is 1.56. The molecule has 236 valence electrons. The normalized spacial score (nSPS) is 29.4. The number of carbonyl (C=O) groups is 2. The lowest BCUT2D eigenvalue weighted by atomic mass is 9.47. The summed E-state index contributed by atoms with van der Waals surface area (Å²) in [4.78, 5) is 34.0. The average Bonchev–Trinajstić information content (AvgIpc) is 3.38. The fraction of sp³-hybridized carbons (Fsp3) is 0.667. The summed E-state index contributed by atoms with van der Waals surface area (Å²) >= 11 is 1.45. The molecule has 2 aromatic rings. The fourth-order valence-corrected chi connectivity index (χ4v) is 8.60. The van der Waals surface area contributed by atoms with Crippen molar-refractivity contribution in [1.29, 1.82) is 0 Å². The predicted molar refractivity (Wildman–Crippen MR) is 168 cm³/mol. The van der Waals surface area contributed by atoms with Gasteiger partial charge in [0.15, 0.2) is 5.13 Å². The molecule has 10 heteroatoms. The molecule has 2 amide bonds. The topological polar surface area (TPSA) is 125 Å². The number of hydrogen-bond acceptors (Lipinski definition) is 7. The molecule has 2 fully saturated rings. The van der Waals surface area contributed by atoms with E-state index >= 15 is 0 Å². The van der Waals surface area contributed by atoms with E-state index in [-0.39, 0.29) is 47.5 Å². The minimum absolute atomic E-state index is 0.00211. The van der Waals surface area contributed by atoms with Crippen molar-refractivity contribution >= 4 is 28.3 Å². The number of ether oxygens (including phenoxy) is 1. The molecule has 0 radical (unpaired) electrons. The Morgan fingerprint density at radius 2 is 1.86 bits per heavy atom. The third-order valence-electron chi connectivity index (χ3n) is 10.5. The van der Waals surface area contributed by atoms with Gasteiger partial charge in [-0.3, -0.25) is 14.9 Å². The lowest BCUT2D eigenvalue weighted by Crippen LogP contribution is -3.14. The number of amides is 2. The van der Waals surface area contributed by atoms with Gasteiger partial charge in [-0.1, -0.05) is 46.8 Å². The van der Waals surface area contributed by atoms with Gasteiger partial charge in [0.1, 0.15) is 13.1 Å². The quantitative estimate of drug-likeness (QED) is 0.312. The molecule has 0 bridgehead atoms. The summed E-state index contributed by atoms with van der Waals surface area (Å²) in [5.74, 6) is -0.459. The molecular formula is C33H49N4O5S+. The second-order valence-electron chi connectivity index (χ2n) is 14.3. The van der Waals surface area contributed by atoms with Crippen LogP contribution in [0.3, 0.4) is 0 Å². The molecule has 2 aliphatic carbocycles. The van der Waals surface area contributed by atoms with E-state index in [0.717, 1.165) is 55.4 Å². The molecule has 0 spiro atoms. The fourth-order valence-electron chi connectivity index (χ4n) is 7.54. The number of carbonyl (C=O) groups excluding carboxylic acids is 2. The molecule has 0 unspecified atom stereocenters. The minimum Gasteiger partial charge on any atom is -0.396 e. The Morgan fingerprint density at radius 1 is 1.16 bits per heavy atom. The van der Waals surface area contributed by atoms with E-state index in [0.29, 0.717) is 30.1 Å². The number of fused-ring (bicyclic) bond motifs is 2. The van der Waals surface area contributed by atoms with Gasteiger partial charge in [-0.25, -0.2) is 4.98 Å². The van der Waals surface area contributed by atoms with Gasteiger partial charge in [-0.05, 0) is 53.7 Å². The minimum atomic E-state index is -0.693. The maximum atomic E-state index is 13.4. The highest BCUT2D eigenvalue weighted by atomic mass is 32.1. The van der Waals surface area contributed by atoms with Crippen molar-refractivity contribution in [3.05, 3.63) is 46.0 Å². The van der Waals surface area contributed by atoms with E-state index in [1.54, 1.807) is 0 Å². The van der Waals surface area contributed by atoms with Crippen LogP contribution in [0.2, 0.25) is 0 Å². The Balaban J connectivity index is 1.37. The number of benzene rings is 1. The molecule has 9 nitrogen and oxygen atoms in total. The summed E-state index contributed by atoms with van der Waals surface area (Å²) in [6.07, 6.45) is 1.61. The van der Waals surface area contributed by atoms with Crippen molar-refractivity contribution in [2.75, 3.05) is 51.3 Å². The molecule has 1 aromatic heterocycles. The van der Waals surface area contributed by atoms with E-state index in [1.807, 2.05) is 31.2 Å². The Labute approximate surface area is 259 Å². The number of nitrogens with zero attached hydrogens (tertiary/aromatic N) is 1. The number of quaternary nitrogens is 1. The smallest absolute Gasteiger partial charge is 0.257 e. The van der Waals surface area contributed by atoms with E-state index < -0.39 is 11.5 Å². The Hall–Kier alpha value is -2.37. The van der Waals surface area contributed by atoms with Gasteiger partial charge in [0, 0.05) is 28.2 Å². The molecule has 5 atom stereocenters. The van der Waals surface area contributed by atoms with Gasteiger partial charge < -0.3 is 25.2 Å². The van der Waals surface area contributed by atoms with Crippen LogP contribution >= 0.6 is 11.3 Å². The largest absolute Gasteiger partial charge is 0.396 e. The van der Waals surface area contributed by atoms with Crippen molar-refractivity contribution in [3.63, 3.8) is 0 Å². The third kappa shape index (κ3) is 6.54. The monoisotopic (exact) mass is 613 g/mol. The first kappa shape index (κ1) is 32.0. The van der Waals surface area contributed by atoms with Crippen LogP contribution in [-0.4, -0.2) is 79.1 Å². The molecule has 3 aliphatic rings. The Kier molecular flexibility index (Phi) is 9.35. The van der Waals surface area contributed by atoms with E-state index in [4.69, 9.17) is 9.72 Å². The van der Waals surface area contributed by atoms with Gasteiger partial charge in [0.25, 0.3) is 5.91 Å². The zero-order valence-corrected chi connectivity index (χ0v) is 27.1. The molecule has 5 N–H and O–H groups in total. The number of morpholine rings is 1. The van der Waals surface area contributed by atoms with Crippen molar-refractivity contribution in [1.82, 2.24) is 10.3 Å². The molecule has 1 saturated heterocycles.